The Balaban J connectivity index is 1.32. The molecule has 2 saturated heterocycles. The fourth-order valence-corrected chi connectivity index (χ4v) is 4.03. The normalized spacial score (nSPS) is 22.8. The van der Waals surface area contributed by atoms with Gasteiger partial charge in [0, 0.05) is 32.4 Å². The Labute approximate surface area is 160 Å². The largest absolute Gasteiger partial charge is 0.368 e. The van der Waals surface area contributed by atoms with Crippen LogP contribution in [0, 0.1) is 0 Å². The number of hydrogen-bond donors (Lipinski definition) is 1. The summed E-state index contributed by atoms with van der Waals surface area (Å²) >= 11 is 0. The molecule has 0 radical (unpaired) electrons. The van der Waals surface area contributed by atoms with Crippen LogP contribution in [-0.2, 0) is 4.74 Å². The minimum Gasteiger partial charge on any atom is -0.368 e. The highest BCUT2D eigenvalue weighted by molar-refractivity contribution is 5.74. The molecule has 0 unspecified atom stereocenters. The van der Waals surface area contributed by atoms with Gasteiger partial charge in [-0.3, -0.25) is 0 Å². The van der Waals surface area contributed by atoms with Gasteiger partial charge in [-0.25, -0.2) is 14.8 Å². The maximum absolute atomic E-state index is 12.5. The van der Waals surface area contributed by atoms with Gasteiger partial charge < -0.3 is 19.9 Å². The number of anilines is 1. The van der Waals surface area contributed by atoms with Gasteiger partial charge in [-0.2, -0.15) is 0 Å². The Morgan fingerprint density at radius 3 is 2.96 bits per heavy atom. The molecule has 3 heterocycles. The Hall–Kier alpha value is -2.15. The van der Waals surface area contributed by atoms with Crippen molar-refractivity contribution in [2.24, 2.45) is 0 Å². The topological polar surface area (TPSA) is 70.6 Å². The fourth-order valence-electron chi connectivity index (χ4n) is 4.03. The van der Waals surface area contributed by atoms with Crippen LogP contribution in [0.3, 0.4) is 0 Å². The van der Waals surface area contributed by atoms with E-state index in [2.05, 4.69) is 21.3 Å². The van der Waals surface area contributed by atoms with Gasteiger partial charge in [0.25, 0.3) is 0 Å². The van der Waals surface area contributed by atoms with Crippen LogP contribution in [0.25, 0.3) is 0 Å². The van der Waals surface area contributed by atoms with Crippen molar-refractivity contribution < 1.29 is 9.53 Å². The number of amides is 2. The number of aromatic nitrogens is 2. The van der Waals surface area contributed by atoms with Gasteiger partial charge in [-0.05, 0) is 44.6 Å². The number of allylic oxidation sites excluding steroid dienone is 1. The zero-order valence-electron chi connectivity index (χ0n) is 15.9. The summed E-state index contributed by atoms with van der Waals surface area (Å²) in [7, 11) is 0. The fraction of sp³-hybridized carbons (Fsp3) is 0.650. The average Bonchev–Trinajstić information content (AvgIpc) is 3.42. The third-order valence-corrected chi connectivity index (χ3v) is 5.59. The number of hydrogen-bond acceptors (Lipinski definition) is 5. The van der Waals surface area contributed by atoms with Gasteiger partial charge in [0.2, 0.25) is 5.95 Å². The molecule has 2 amide bonds. The molecule has 2 fully saturated rings. The van der Waals surface area contributed by atoms with E-state index in [4.69, 9.17) is 9.72 Å². The Bertz CT molecular complexity index is 687. The summed E-state index contributed by atoms with van der Waals surface area (Å²) < 4.78 is 5.91. The van der Waals surface area contributed by atoms with Crippen LogP contribution in [-0.4, -0.2) is 60.2 Å². The number of nitrogens with zero attached hydrogens (tertiary/aromatic N) is 4. The second-order valence-corrected chi connectivity index (χ2v) is 7.52. The lowest BCUT2D eigenvalue weighted by Gasteiger charge is -2.33. The molecule has 2 aliphatic heterocycles. The Kier molecular flexibility index (Phi) is 5.87. The molecule has 0 aromatic carbocycles. The van der Waals surface area contributed by atoms with Crippen molar-refractivity contribution in [3.63, 3.8) is 0 Å². The molecule has 0 saturated carbocycles. The monoisotopic (exact) mass is 371 g/mol. The van der Waals surface area contributed by atoms with E-state index in [0.29, 0.717) is 26.2 Å². The number of morpholine rings is 1. The molecule has 7 heteroatoms. The maximum Gasteiger partial charge on any atom is 0.317 e. The molecule has 1 aromatic heterocycles. The van der Waals surface area contributed by atoms with Gasteiger partial charge in [0.15, 0.2) is 0 Å². The molecule has 1 atom stereocenters. The summed E-state index contributed by atoms with van der Waals surface area (Å²) in [5.74, 6) is 0.778. The number of rotatable bonds is 5. The SMILES string of the molecule is O=C(NCCC1=CCCC1)N1CCO[C@H](c2ccnc(N3CCCC3)n2)C1. The van der Waals surface area contributed by atoms with Crippen molar-refractivity contribution in [3.05, 3.63) is 29.6 Å². The molecular weight excluding hydrogens is 342 g/mol. The second-order valence-electron chi connectivity index (χ2n) is 7.52. The molecule has 4 rings (SSSR count). The molecule has 0 spiro atoms. The molecule has 1 aromatic rings. The van der Waals surface area contributed by atoms with Gasteiger partial charge in [0.05, 0.1) is 18.8 Å². The quantitative estimate of drug-likeness (QED) is 0.806. The predicted molar refractivity (Wildman–Crippen MR) is 104 cm³/mol. The van der Waals surface area contributed by atoms with E-state index in [1.165, 1.54) is 37.7 Å². The van der Waals surface area contributed by atoms with E-state index in [1.807, 2.05) is 11.0 Å². The van der Waals surface area contributed by atoms with E-state index in [0.717, 1.165) is 31.2 Å². The predicted octanol–water partition coefficient (Wildman–Crippen LogP) is 2.66. The zero-order chi connectivity index (χ0) is 18.5. The van der Waals surface area contributed by atoms with Crippen molar-refractivity contribution in [1.29, 1.82) is 0 Å². The minimum absolute atomic E-state index is 0.00396. The van der Waals surface area contributed by atoms with E-state index >= 15 is 0 Å². The Morgan fingerprint density at radius 2 is 2.15 bits per heavy atom. The van der Waals surface area contributed by atoms with E-state index in [9.17, 15) is 4.79 Å². The number of ether oxygens (including phenoxy) is 1. The Morgan fingerprint density at radius 1 is 1.26 bits per heavy atom. The van der Waals surface area contributed by atoms with Crippen LogP contribution in [0.4, 0.5) is 10.7 Å². The second kappa shape index (κ2) is 8.69. The third-order valence-electron chi connectivity index (χ3n) is 5.59. The van der Waals surface area contributed by atoms with Gasteiger partial charge in [0.1, 0.15) is 6.10 Å². The highest BCUT2D eigenvalue weighted by Crippen LogP contribution is 2.23. The van der Waals surface area contributed by atoms with Crippen molar-refractivity contribution in [2.75, 3.05) is 44.2 Å². The summed E-state index contributed by atoms with van der Waals surface area (Å²) in [4.78, 5) is 25.7. The van der Waals surface area contributed by atoms with Crippen LogP contribution >= 0.6 is 0 Å². The lowest BCUT2D eigenvalue weighted by molar-refractivity contribution is -0.0175. The molecule has 1 N–H and O–H groups in total. The van der Waals surface area contributed by atoms with E-state index in [-0.39, 0.29) is 12.1 Å². The summed E-state index contributed by atoms with van der Waals surface area (Å²) in [6.07, 6.45) is 10.9. The van der Waals surface area contributed by atoms with Crippen LogP contribution < -0.4 is 10.2 Å². The summed E-state index contributed by atoms with van der Waals surface area (Å²) in [6, 6.07) is 1.90. The van der Waals surface area contributed by atoms with Crippen molar-refractivity contribution in [2.45, 2.75) is 44.6 Å². The standard InChI is InChI=1S/C20H29N5O2/c26-20(22-9-7-16-5-1-2-6-16)25-13-14-27-18(15-25)17-8-10-21-19(23-17)24-11-3-4-12-24/h5,8,10,18H,1-4,6-7,9,11-15H2,(H,22,26)/t18-/m0/s1. The van der Waals surface area contributed by atoms with Crippen LogP contribution in [0.5, 0.6) is 0 Å². The first-order valence-electron chi connectivity index (χ1n) is 10.2. The van der Waals surface area contributed by atoms with Crippen LogP contribution in [0.2, 0.25) is 0 Å². The number of carbonyl (C=O) groups is 1. The number of carbonyl (C=O) groups excluding carboxylic acids is 1. The van der Waals surface area contributed by atoms with Crippen molar-refractivity contribution >= 4 is 12.0 Å². The van der Waals surface area contributed by atoms with Crippen LogP contribution in [0.1, 0.15) is 50.3 Å². The van der Waals surface area contributed by atoms with Gasteiger partial charge >= 0.3 is 6.03 Å². The smallest absolute Gasteiger partial charge is 0.317 e. The molecule has 7 nitrogen and oxygen atoms in total. The van der Waals surface area contributed by atoms with E-state index in [1.54, 1.807) is 6.20 Å². The number of urea groups is 1. The van der Waals surface area contributed by atoms with Crippen molar-refractivity contribution in [3.8, 4) is 0 Å². The van der Waals surface area contributed by atoms with Gasteiger partial charge in [-0.15, -0.1) is 0 Å². The average molecular weight is 371 g/mol. The molecular formula is C20H29N5O2. The third kappa shape index (κ3) is 4.58. The lowest BCUT2D eigenvalue weighted by Crippen LogP contribution is -2.47. The summed E-state index contributed by atoms with van der Waals surface area (Å²) in [5, 5.41) is 3.06. The first kappa shape index (κ1) is 18.2. The zero-order valence-corrected chi connectivity index (χ0v) is 15.9. The van der Waals surface area contributed by atoms with Gasteiger partial charge in [-0.1, -0.05) is 11.6 Å². The van der Waals surface area contributed by atoms with E-state index < -0.39 is 0 Å². The highest BCUT2D eigenvalue weighted by Gasteiger charge is 2.27. The molecule has 27 heavy (non-hydrogen) atoms. The molecule has 1 aliphatic carbocycles. The molecule has 146 valence electrons. The van der Waals surface area contributed by atoms with Crippen molar-refractivity contribution in [1.82, 2.24) is 20.2 Å². The molecule has 3 aliphatic rings. The summed E-state index contributed by atoms with van der Waals surface area (Å²) in [5.41, 5.74) is 2.34. The number of nitrogens with one attached hydrogen (secondary N) is 1. The first-order chi connectivity index (χ1) is 13.3. The van der Waals surface area contributed by atoms with Crippen LogP contribution in [0.15, 0.2) is 23.9 Å². The maximum atomic E-state index is 12.5. The highest BCUT2D eigenvalue weighted by atomic mass is 16.5. The first-order valence-corrected chi connectivity index (χ1v) is 10.2. The lowest BCUT2D eigenvalue weighted by atomic mass is 10.2. The minimum atomic E-state index is -0.189. The summed E-state index contributed by atoms with van der Waals surface area (Å²) in [6.45, 7) is 4.42. The molecule has 0 bridgehead atoms.